The Kier molecular flexibility index (Phi) is 7.17. The number of halogens is 9. The molecular formula is C20H12F9N5O. The van der Waals surface area contributed by atoms with E-state index in [0.717, 1.165) is 24.3 Å². The molecule has 0 bridgehead atoms. The van der Waals surface area contributed by atoms with Crippen molar-refractivity contribution in [2.24, 2.45) is 10.2 Å². The van der Waals surface area contributed by atoms with Gasteiger partial charge in [0, 0.05) is 11.8 Å². The molecule has 1 aromatic heterocycles. The van der Waals surface area contributed by atoms with E-state index in [4.69, 9.17) is 0 Å². The Bertz CT molecular complexity index is 1190. The van der Waals surface area contributed by atoms with Crippen molar-refractivity contribution in [2.45, 2.75) is 25.3 Å². The van der Waals surface area contributed by atoms with Gasteiger partial charge in [0.05, 0.1) is 12.1 Å². The summed E-state index contributed by atoms with van der Waals surface area (Å²) in [4.78, 5) is 6.94. The molecule has 15 heteroatoms. The number of ether oxygens (including phenoxy) is 1. The predicted octanol–water partition coefficient (Wildman–Crippen LogP) is 7.44. The maximum absolute atomic E-state index is 13.2. The van der Waals surface area contributed by atoms with Gasteiger partial charge in [-0.15, -0.1) is 18.3 Å². The molecule has 0 saturated heterocycles. The van der Waals surface area contributed by atoms with Gasteiger partial charge in [0.25, 0.3) is 5.95 Å². The van der Waals surface area contributed by atoms with E-state index in [2.05, 4.69) is 30.3 Å². The summed E-state index contributed by atoms with van der Waals surface area (Å²) in [7, 11) is 0. The normalized spacial score (nSPS) is 12.7. The Morgan fingerprint density at radius 3 is 2.09 bits per heavy atom. The van der Waals surface area contributed by atoms with Crippen molar-refractivity contribution in [3.05, 3.63) is 71.4 Å². The minimum absolute atomic E-state index is 0.185. The number of anilines is 2. The van der Waals surface area contributed by atoms with E-state index in [1.54, 1.807) is 0 Å². The summed E-state index contributed by atoms with van der Waals surface area (Å²) in [5.41, 5.74) is -2.29. The monoisotopic (exact) mass is 509 g/mol. The van der Waals surface area contributed by atoms with Crippen LogP contribution in [0.3, 0.4) is 0 Å². The maximum atomic E-state index is 13.2. The van der Waals surface area contributed by atoms with Crippen molar-refractivity contribution in [2.75, 3.05) is 5.32 Å². The SMILES string of the molecule is FC(F)(F)Oc1ccc(CN=Nc2nc(Nc3cccc(C(F)(F)F)c3)cc(C(F)(F)F)n2)cc1. The van der Waals surface area contributed by atoms with E-state index in [1.165, 1.54) is 18.2 Å². The number of hydrogen-bond donors (Lipinski definition) is 1. The van der Waals surface area contributed by atoms with Crippen molar-refractivity contribution >= 4 is 17.5 Å². The summed E-state index contributed by atoms with van der Waals surface area (Å²) >= 11 is 0. The zero-order valence-corrected chi connectivity index (χ0v) is 17.0. The van der Waals surface area contributed by atoms with Crippen molar-refractivity contribution in [1.29, 1.82) is 0 Å². The van der Waals surface area contributed by atoms with E-state index < -0.39 is 47.5 Å². The van der Waals surface area contributed by atoms with Gasteiger partial charge in [0.1, 0.15) is 11.6 Å². The molecule has 0 aliphatic rings. The highest BCUT2D eigenvalue weighted by molar-refractivity contribution is 5.58. The van der Waals surface area contributed by atoms with Gasteiger partial charge in [-0.2, -0.15) is 36.4 Å². The quantitative estimate of drug-likeness (QED) is 0.277. The van der Waals surface area contributed by atoms with Crippen LogP contribution in [0, 0.1) is 0 Å². The molecule has 186 valence electrons. The number of nitrogens with zero attached hydrogens (tertiary/aromatic N) is 4. The Hall–Kier alpha value is -3.91. The third kappa shape index (κ3) is 7.82. The van der Waals surface area contributed by atoms with Crippen LogP contribution in [0.15, 0.2) is 64.8 Å². The van der Waals surface area contributed by atoms with Gasteiger partial charge in [-0.25, -0.2) is 4.98 Å². The van der Waals surface area contributed by atoms with E-state index in [0.29, 0.717) is 17.7 Å². The van der Waals surface area contributed by atoms with Gasteiger partial charge in [0.2, 0.25) is 0 Å². The van der Waals surface area contributed by atoms with Crippen LogP contribution in [0.2, 0.25) is 0 Å². The number of azo groups is 1. The van der Waals surface area contributed by atoms with E-state index >= 15 is 0 Å². The minimum atomic E-state index is -4.92. The van der Waals surface area contributed by atoms with Gasteiger partial charge >= 0.3 is 18.7 Å². The second kappa shape index (κ2) is 9.76. The molecular weight excluding hydrogens is 497 g/mol. The first kappa shape index (κ1) is 25.7. The number of rotatable bonds is 6. The zero-order valence-electron chi connectivity index (χ0n) is 17.0. The Balaban J connectivity index is 1.80. The van der Waals surface area contributed by atoms with Gasteiger partial charge < -0.3 is 10.1 Å². The molecule has 1 N–H and O–H groups in total. The van der Waals surface area contributed by atoms with Crippen molar-refractivity contribution in [1.82, 2.24) is 9.97 Å². The number of benzene rings is 2. The molecule has 35 heavy (non-hydrogen) atoms. The number of hydrogen-bond acceptors (Lipinski definition) is 6. The largest absolute Gasteiger partial charge is 0.573 e. The fourth-order valence-corrected chi connectivity index (χ4v) is 2.59. The van der Waals surface area contributed by atoms with Crippen LogP contribution in [-0.2, 0) is 18.9 Å². The number of aromatic nitrogens is 2. The highest BCUT2D eigenvalue weighted by Crippen LogP contribution is 2.33. The summed E-state index contributed by atoms with van der Waals surface area (Å²) in [6, 6.07) is 8.68. The lowest BCUT2D eigenvalue weighted by Crippen LogP contribution is -2.16. The van der Waals surface area contributed by atoms with Gasteiger partial charge in [-0.1, -0.05) is 18.2 Å². The number of alkyl halides is 9. The Morgan fingerprint density at radius 2 is 1.49 bits per heavy atom. The topological polar surface area (TPSA) is 71.8 Å². The van der Waals surface area contributed by atoms with E-state index in [-0.39, 0.29) is 12.2 Å². The van der Waals surface area contributed by atoms with Crippen LogP contribution in [-0.4, -0.2) is 16.3 Å². The molecule has 0 saturated carbocycles. The van der Waals surface area contributed by atoms with Crippen molar-refractivity contribution < 1.29 is 44.3 Å². The van der Waals surface area contributed by atoms with Gasteiger partial charge in [0.15, 0.2) is 5.69 Å². The van der Waals surface area contributed by atoms with E-state index in [9.17, 15) is 39.5 Å². The average Bonchev–Trinajstić information content (AvgIpc) is 2.73. The maximum Gasteiger partial charge on any atom is 0.573 e. The molecule has 0 atom stereocenters. The average molecular weight is 509 g/mol. The molecule has 0 unspecified atom stereocenters. The highest BCUT2D eigenvalue weighted by atomic mass is 19.4. The van der Waals surface area contributed by atoms with Crippen LogP contribution in [0.1, 0.15) is 16.8 Å². The summed E-state index contributed by atoms with van der Waals surface area (Å²) in [5.74, 6) is -1.72. The Labute approximate surface area is 190 Å². The summed E-state index contributed by atoms with van der Waals surface area (Å²) in [6.07, 6.45) is -14.5. The summed E-state index contributed by atoms with van der Waals surface area (Å²) in [5, 5.41) is 9.46. The third-order valence-electron chi connectivity index (χ3n) is 4.04. The molecule has 0 radical (unpaired) electrons. The lowest BCUT2D eigenvalue weighted by Gasteiger charge is -2.12. The Morgan fingerprint density at radius 1 is 0.800 bits per heavy atom. The van der Waals surface area contributed by atoms with Crippen molar-refractivity contribution in [3.8, 4) is 5.75 Å². The fraction of sp³-hybridized carbons (Fsp3) is 0.200. The first-order chi connectivity index (χ1) is 16.2. The van der Waals surface area contributed by atoms with Crippen LogP contribution >= 0.6 is 0 Å². The molecule has 1 heterocycles. The second-order valence-electron chi connectivity index (χ2n) is 6.73. The second-order valence-corrected chi connectivity index (χ2v) is 6.73. The molecule has 6 nitrogen and oxygen atoms in total. The van der Waals surface area contributed by atoms with E-state index in [1.807, 2.05) is 0 Å². The third-order valence-corrected chi connectivity index (χ3v) is 4.04. The minimum Gasteiger partial charge on any atom is -0.406 e. The molecule has 0 amide bonds. The molecule has 3 aromatic rings. The predicted molar refractivity (Wildman–Crippen MR) is 103 cm³/mol. The molecule has 3 rings (SSSR count). The van der Waals surface area contributed by atoms with Crippen LogP contribution < -0.4 is 10.1 Å². The first-order valence-electron chi connectivity index (χ1n) is 9.32. The first-order valence-corrected chi connectivity index (χ1v) is 9.32. The van der Waals surface area contributed by atoms with Crippen LogP contribution in [0.5, 0.6) is 5.75 Å². The van der Waals surface area contributed by atoms with Crippen LogP contribution in [0.25, 0.3) is 0 Å². The van der Waals surface area contributed by atoms with Crippen LogP contribution in [0.4, 0.5) is 57.0 Å². The summed E-state index contributed by atoms with van der Waals surface area (Å²) < 4.78 is 119. The lowest BCUT2D eigenvalue weighted by atomic mass is 10.2. The standard InChI is InChI=1S/C20H12F9N5O/c21-18(22,23)12-2-1-3-13(8-12)31-16-9-15(19(24,25)26)32-17(33-16)34-30-10-11-4-6-14(7-5-11)35-20(27,28)29/h1-9H,10H2,(H,31,32,33). The smallest absolute Gasteiger partial charge is 0.406 e. The highest BCUT2D eigenvalue weighted by Gasteiger charge is 2.34. The van der Waals surface area contributed by atoms with Crippen molar-refractivity contribution in [3.63, 3.8) is 0 Å². The fourth-order valence-electron chi connectivity index (χ4n) is 2.59. The molecule has 0 spiro atoms. The number of nitrogens with one attached hydrogen (secondary N) is 1. The lowest BCUT2D eigenvalue weighted by molar-refractivity contribution is -0.274. The molecule has 0 aliphatic carbocycles. The molecule has 0 aliphatic heterocycles. The zero-order chi connectivity index (χ0) is 25.9. The summed E-state index contributed by atoms with van der Waals surface area (Å²) in [6.45, 7) is -0.248. The molecule has 2 aromatic carbocycles. The van der Waals surface area contributed by atoms with Gasteiger partial charge in [-0.05, 0) is 35.9 Å². The van der Waals surface area contributed by atoms with Gasteiger partial charge in [-0.3, -0.25) is 0 Å². The molecule has 0 fully saturated rings.